The average molecular weight is 481 g/mol. The molecule has 2 aliphatic heterocycles. The lowest BCUT2D eigenvalue weighted by Crippen LogP contribution is -2.50. The van der Waals surface area contributed by atoms with Crippen molar-refractivity contribution in [2.24, 2.45) is 12.5 Å². The lowest BCUT2D eigenvalue weighted by atomic mass is 9.78. The highest BCUT2D eigenvalue weighted by Gasteiger charge is 2.49. The van der Waals surface area contributed by atoms with E-state index in [1.165, 1.54) is 0 Å². The second kappa shape index (κ2) is 9.82. The van der Waals surface area contributed by atoms with Gasteiger partial charge in [0.1, 0.15) is 5.69 Å². The van der Waals surface area contributed by atoms with Gasteiger partial charge in [-0.3, -0.25) is 19.3 Å². The Labute approximate surface area is 194 Å². The molecule has 1 atom stereocenters. The number of carboxylic acid groups (broad SMARTS) is 1. The number of halogens is 3. The van der Waals surface area contributed by atoms with Crippen molar-refractivity contribution in [3.8, 4) is 0 Å². The molecule has 184 valence electrons. The van der Waals surface area contributed by atoms with Gasteiger partial charge >= 0.3 is 12.1 Å². The zero-order valence-corrected chi connectivity index (χ0v) is 18.9. The smallest absolute Gasteiger partial charge is 0.475 e. The van der Waals surface area contributed by atoms with Crippen LogP contribution in [0.25, 0.3) is 0 Å². The molecule has 2 saturated heterocycles. The number of pyridine rings is 1. The minimum Gasteiger partial charge on any atom is -0.475 e. The number of piperidine rings is 1. The van der Waals surface area contributed by atoms with Crippen LogP contribution < -0.4 is 0 Å². The van der Waals surface area contributed by atoms with Crippen molar-refractivity contribution in [3.63, 3.8) is 0 Å². The maximum atomic E-state index is 13.2. The Hall–Kier alpha value is -3.44. The molecule has 1 unspecified atom stereocenters. The molecule has 2 fully saturated rings. The van der Waals surface area contributed by atoms with Crippen LogP contribution >= 0.6 is 0 Å². The van der Waals surface area contributed by atoms with Crippen molar-refractivity contribution in [2.75, 3.05) is 19.6 Å². The summed E-state index contributed by atoms with van der Waals surface area (Å²) in [5, 5.41) is 11.2. The third-order valence-electron chi connectivity index (χ3n) is 6.05. The molecule has 9 nitrogen and oxygen atoms in total. The fourth-order valence-corrected chi connectivity index (χ4v) is 4.36. The zero-order chi connectivity index (χ0) is 25.1. The van der Waals surface area contributed by atoms with Crippen molar-refractivity contribution in [2.45, 2.75) is 38.9 Å². The van der Waals surface area contributed by atoms with Crippen molar-refractivity contribution < 1.29 is 32.7 Å². The summed E-state index contributed by atoms with van der Waals surface area (Å²) in [5.41, 5.74) is 1.99. The Bertz CT molecular complexity index is 1070. The van der Waals surface area contributed by atoms with Gasteiger partial charge in [0.25, 0.3) is 5.91 Å². The molecule has 2 aliphatic rings. The van der Waals surface area contributed by atoms with Crippen LogP contribution in [-0.2, 0) is 23.2 Å². The van der Waals surface area contributed by atoms with Crippen LogP contribution in [0.2, 0.25) is 0 Å². The molecule has 1 N–H and O–H groups in total. The number of likely N-dealkylation sites (tertiary alicyclic amines) is 2. The lowest BCUT2D eigenvalue weighted by molar-refractivity contribution is -0.192. The van der Waals surface area contributed by atoms with E-state index >= 15 is 0 Å². The number of aliphatic carboxylic acids is 1. The first-order valence-electron chi connectivity index (χ1n) is 10.7. The van der Waals surface area contributed by atoms with Crippen LogP contribution in [0.15, 0.2) is 30.5 Å². The largest absolute Gasteiger partial charge is 0.490 e. The van der Waals surface area contributed by atoms with E-state index in [2.05, 4.69) is 10.1 Å². The average Bonchev–Trinajstić information content (AvgIpc) is 3.32. The maximum Gasteiger partial charge on any atom is 0.490 e. The summed E-state index contributed by atoms with van der Waals surface area (Å²) in [6.45, 7) is 4.41. The SMILES string of the molecule is Cc1cccc(CN2CCC3(CCCN(C(=O)c4ccnn4C)C3)C2=O)n1.O=C(O)C(F)(F)F. The molecular weight excluding hydrogens is 455 g/mol. The van der Waals surface area contributed by atoms with Crippen LogP contribution in [-0.4, -0.2) is 73.3 Å². The van der Waals surface area contributed by atoms with Gasteiger partial charge in [0.2, 0.25) is 5.91 Å². The number of amides is 2. The highest BCUT2D eigenvalue weighted by molar-refractivity contribution is 5.93. The van der Waals surface area contributed by atoms with Crippen LogP contribution in [0.1, 0.15) is 41.1 Å². The van der Waals surface area contributed by atoms with Crippen molar-refractivity contribution >= 4 is 17.8 Å². The van der Waals surface area contributed by atoms with E-state index < -0.39 is 17.6 Å². The minimum absolute atomic E-state index is 0.0410. The van der Waals surface area contributed by atoms with Gasteiger partial charge in [-0.2, -0.15) is 18.3 Å². The molecule has 2 amide bonds. The van der Waals surface area contributed by atoms with E-state index in [1.807, 2.05) is 34.9 Å². The number of alkyl halides is 3. The van der Waals surface area contributed by atoms with E-state index in [4.69, 9.17) is 9.90 Å². The number of carbonyl (C=O) groups excluding carboxylic acids is 2. The monoisotopic (exact) mass is 481 g/mol. The Balaban J connectivity index is 0.000000406. The van der Waals surface area contributed by atoms with Gasteiger partial charge in [-0.1, -0.05) is 6.07 Å². The lowest BCUT2D eigenvalue weighted by Gasteiger charge is -2.39. The molecule has 34 heavy (non-hydrogen) atoms. The van der Waals surface area contributed by atoms with E-state index in [0.717, 1.165) is 37.2 Å². The van der Waals surface area contributed by atoms with Crippen LogP contribution in [0, 0.1) is 12.3 Å². The summed E-state index contributed by atoms with van der Waals surface area (Å²) in [6, 6.07) is 7.63. The molecule has 12 heteroatoms. The first kappa shape index (κ1) is 25.2. The summed E-state index contributed by atoms with van der Waals surface area (Å²) < 4.78 is 33.3. The van der Waals surface area contributed by atoms with E-state index in [0.29, 0.717) is 25.3 Å². The molecule has 0 saturated carbocycles. The fraction of sp³-hybridized carbons (Fsp3) is 0.500. The van der Waals surface area contributed by atoms with Gasteiger partial charge < -0.3 is 14.9 Å². The van der Waals surface area contributed by atoms with Gasteiger partial charge in [-0.15, -0.1) is 0 Å². The fourth-order valence-electron chi connectivity index (χ4n) is 4.36. The number of aromatic nitrogens is 3. The number of rotatable bonds is 3. The summed E-state index contributed by atoms with van der Waals surface area (Å²) >= 11 is 0. The quantitative estimate of drug-likeness (QED) is 0.721. The number of hydrogen-bond donors (Lipinski definition) is 1. The molecule has 2 aromatic rings. The summed E-state index contributed by atoms with van der Waals surface area (Å²) in [6.07, 6.45) is -0.957. The number of aryl methyl sites for hydroxylation is 2. The maximum absolute atomic E-state index is 13.2. The van der Waals surface area contributed by atoms with Gasteiger partial charge in [0, 0.05) is 38.6 Å². The van der Waals surface area contributed by atoms with Crippen LogP contribution in [0.3, 0.4) is 0 Å². The summed E-state index contributed by atoms with van der Waals surface area (Å²) in [4.78, 5) is 43.3. The number of nitrogens with zero attached hydrogens (tertiary/aromatic N) is 5. The molecule has 1 spiro atoms. The Morgan fingerprint density at radius 1 is 1.18 bits per heavy atom. The molecular formula is C22H26F3N5O4. The molecule has 0 aromatic carbocycles. The van der Waals surface area contributed by atoms with E-state index in [-0.39, 0.29) is 11.8 Å². The highest BCUT2D eigenvalue weighted by Crippen LogP contribution is 2.41. The molecule has 0 aliphatic carbocycles. The Morgan fingerprint density at radius 3 is 2.47 bits per heavy atom. The number of carbonyl (C=O) groups is 3. The molecule has 4 heterocycles. The second-order valence-corrected chi connectivity index (χ2v) is 8.50. The van der Waals surface area contributed by atoms with Crippen LogP contribution in [0.4, 0.5) is 13.2 Å². The molecule has 0 radical (unpaired) electrons. The normalized spacial score (nSPS) is 20.3. The second-order valence-electron chi connectivity index (χ2n) is 8.50. The number of hydrogen-bond acceptors (Lipinski definition) is 5. The summed E-state index contributed by atoms with van der Waals surface area (Å²) in [5.74, 6) is -2.64. The topological polar surface area (TPSA) is 109 Å². The predicted molar refractivity (Wildman–Crippen MR) is 113 cm³/mol. The zero-order valence-electron chi connectivity index (χ0n) is 18.9. The van der Waals surface area contributed by atoms with E-state index in [9.17, 15) is 22.8 Å². The van der Waals surface area contributed by atoms with Crippen LogP contribution in [0.5, 0.6) is 0 Å². The third-order valence-corrected chi connectivity index (χ3v) is 6.05. The predicted octanol–water partition coefficient (Wildman–Crippen LogP) is 2.41. The Morgan fingerprint density at radius 2 is 1.88 bits per heavy atom. The minimum atomic E-state index is -5.08. The van der Waals surface area contributed by atoms with Crippen molar-refractivity contribution in [3.05, 3.63) is 47.5 Å². The van der Waals surface area contributed by atoms with E-state index in [1.54, 1.807) is 24.0 Å². The van der Waals surface area contributed by atoms with Gasteiger partial charge in [-0.25, -0.2) is 4.79 Å². The molecule has 4 rings (SSSR count). The Kier molecular flexibility index (Phi) is 7.27. The van der Waals surface area contributed by atoms with Crippen molar-refractivity contribution in [1.82, 2.24) is 24.6 Å². The standard InChI is InChI=1S/C20H25N5O2.C2HF3O2/c1-15-5-3-6-16(22-15)13-24-12-9-20(19(24)27)8-4-11-25(14-20)18(26)17-7-10-21-23(17)2;3-2(4,5)1(6)7/h3,5-7,10H,4,8-9,11-14H2,1-2H3;(H,6,7). The summed E-state index contributed by atoms with van der Waals surface area (Å²) in [7, 11) is 1.77. The van der Waals surface area contributed by atoms with Crippen molar-refractivity contribution in [1.29, 1.82) is 0 Å². The van der Waals surface area contributed by atoms with Gasteiger partial charge in [0.15, 0.2) is 0 Å². The molecule has 2 aromatic heterocycles. The first-order valence-corrected chi connectivity index (χ1v) is 10.7. The highest BCUT2D eigenvalue weighted by atomic mass is 19.4. The van der Waals surface area contributed by atoms with Gasteiger partial charge in [0.05, 0.1) is 17.7 Å². The number of carboxylic acids is 1. The first-order chi connectivity index (χ1) is 15.9. The van der Waals surface area contributed by atoms with Gasteiger partial charge in [-0.05, 0) is 44.4 Å². The molecule has 0 bridgehead atoms. The third kappa shape index (κ3) is 5.54.